The molecule has 1 heterocycles. The number of hydrogen-bond acceptors (Lipinski definition) is 3. The summed E-state index contributed by atoms with van der Waals surface area (Å²) in [4.78, 5) is 4.21. The molecule has 1 aromatic carbocycles. The molecule has 0 saturated carbocycles. The number of aromatic nitrogens is 1. The minimum absolute atomic E-state index is 0.0864. The average molecular weight is 325 g/mol. The third-order valence-corrected chi connectivity index (χ3v) is 3.19. The zero-order chi connectivity index (χ0) is 13.8. The Kier molecular flexibility index (Phi) is 4.50. The topological polar surface area (TPSA) is 48.1 Å². The van der Waals surface area contributed by atoms with E-state index in [0.29, 0.717) is 5.75 Å². The van der Waals surface area contributed by atoms with Gasteiger partial charge in [-0.1, -0.05) is 22.9 Å². The van der Waals surface area contributed by atoms with Crippen molar-refractivity contribution in [1.29, 1.82) is 0 Å². The summed E-state index contributed by atoms with van der Waals surface area (Å²) >= 11 is 3.27. The Morgan fingerprint density at radius 3 is 2.79 bits per heavy atom. The molecule has 1 atom stereocenters. The number of nitrogens with zero attached hydrogens (tertiary/aromatic N) is 1. The molecule has 100 valence electrons. The number of halogens is 2. The molecule has 1 aromatic heterocycles. The first-order valence-corrected chi connectivity index (χ1v) is 6.74. The quantitative estimate of drug-likeness (QED) is 0.917. The minimum Gasteiger partial charge on any atom is -0.453 e. The van der Waals surface area contributed by atoms with Crippen LogP contribution in [0.1, 0.15) is 25.1 Å². The van der Waals surface area contributed by atoms with Gasteiger partial charge in [0.1, 0.15) is 5.75 Å². The van der Waals surface area contributed by atoms with E-state index in [0.717, 1.165) is 16.6 Å². The Bertz CT molecular complexity index is 560. The Morgan fingerprint density at radius 2 is 2.16 bits per heavy atom. The molecule has 2 N–H and O–H groups in total. The van der Waals surface area contributed by atoms with Crippen LogP contribution in [0, 0.1) is 5.82 Å². The maximum atomic E-state index is 13.5. The van der Waals surface area contributed by atoms with Crippen molar-refractivity contribution >= 4 is 15.9 Å². The van der Waals surface area contributed by atoms with E-state index in [9.17, 15) is 4.39 Å². The predicted octanol–water partition coefficient (Wildman–Crippen LogP) is 4.19. The maximum Gasteiger partial charge on any atom is 0.165 e. The number of rotatable bonds is 4. The van der Waals surface area contributed by atoms with Crippen LogP contribution in [0.3, 0.4) is 0 Å². The second-order valence-corrected chi connectivity index (χ2v) is 5.03. The van der Waals surface area contributed by atoms with Crippen molar-refractivity contribution in [3.05, 3.63) is 52.5 Å². The van der Waals surface area contributed by atoms with Gasteiger partial charge in [0.2, 0.25) is 0 Å². The second-order valence-electron chi connectivity index (χ2n) is 4.11. The maximum absolute atomic E-state index is 13.5. The summed E-state index contributed by atoms with van der Waals surface area (Å²) in [7, 11) is 0. The summed E-state index contributed by atoms with van der Waals surface area (Å²) in [6, 6.07) is 7.97. The third kappa shape index (κ3) is 3.52. The van der Waals surface area contributed by atoms with Gasteiger partial charge in [-0.3, -0.25) is 4.98 Å². The monoisotopic (exact) mass is 324 g/mol. The molecule has 0 radical (unpaired) electrons. The predicted molar refractivity (Wildman–Crippen MR) is 75.6 cm³/mol. The molecule has 0 aliphatic rings. The van der Waals surface area contributed by atoms with E-state index in [1.54, 1.807) is 30.5 Å². The first-order valence-electron chi connectivity index (χ1n) is 5.94. The van der Waals surface area contributed by atoms with Crippen LogP contribution in [0.4, 0.5) is 4.39 Å². The zero-order valence-corrected chi connectivity index (χ0v) is 12.0. The van der Waals surface area contributed by atoms with Crippen LogP contribution in [-0.2, 0) is 0 Å². The van der Waals surface area contributed by atoms with Gasteiger partial charge in [0.25, 0.3) is 0 Å². The molecule has 5 heteroatoms. The fourth-order valence-electron chi connectivity index (χ4n) is 1.56. The number of benzene rings is 1. The summed E-state index contributed by atoms with van der Waals surface area (Å²) < 4.78 is 19.7. The highest BCUT2D eigenvalue weighted by atomic mass is 79.9. The summed E-state index contributed by atoms with van der Waals surface area (Å²) in [6.45, 7) is 1.99. The molecule has 2 rings (SSSR count). The van der Waals surface area contributed by atoms with Crippen molar-refractivity contribution in [1.82, 2.24) is 4.98 Å². The number of ether oxygens (including phenoxy) is 1. The number of pyridine rings is 1. The highest BCUT2D eigenvalue weighted by Gasteiger charge is 2.08. The van der Waals surface area contributed by atoms with Crippen molar-refractivity contribution in [2.24, 2.45) is 5.73 Å². The fourth-order valence-corrected chi connectivity index (χ4v) is 1.90. The van der Waals surface area contributed by atoms with Crippen LogP contribution in [0.2, 0.25) is 0 Å². The number of nitrogens with two attached hydrogens (primary N) is 1. The summed E-state index contributed by atoms with van der Waals surface area (Å²) in [5.41, 5.74) is 6.67. The van der Waals surface area contributed by atoms with Gasteiger partial charge in [-0.2, -0.15) is 0 Å². The Hall–Kier alpha value is -1.46. The van der Waals surface area contributed by atoms with Gasteiger partial charge in [-0.15, -0.1) is 0 Å². The van der Waals surface area contributed by atoms with Crippen molar-refractivity contribution in [3.63, 3.8) is 0 Å². The van der Waals surface area contributed by atoms with E-state index in [1.807, 2.05) is 6.92 Å². The van der Waals surface area contributed by atoms with E-state index in [4.69, 9.17) is 10.5 Å². The van der Waals surface area contributed by atoms with Crippen LogP contribution >= 0.6 is 15.9 Å². The molecule has 19 heavy (non-hydrogen) atoms. The van der Waals surface area contributed by atoms with Gasteiger partial charge in [0.15, 0.2) is 11.6 Å². The first-order chi connectivity index (χ1) is 9.10. The lowest BCUT2D eigenvalue weighted by Crippen LogP contribution is -2.10. The van der Waals surface area contributed by atoms with Crippen molar-refractivity contribution in [3.8, 4) is 11.5 Å². The smallest absolute Gasteiger partial charge is 0.165 e. The molecule has 0 spiro atoms. The molecule has 0 aliphatic carbocycles. The summed E-state index contributed by atoms with van der Waals surface area (Å²) in [5, 5.41) is 0. The summed E-state index contributed by atoms with van der Waals surface area (Å²) in [5.74, 6) is 0.213. The molecule has 0 bridgehead atoms. The van der Waals surface area contributed by atoms with Crippen LogP contribution in [0.25, 0.3) is 0 Å². The van der Waals surface area contributed by atoms with Crippen molar-refractivity contribution < 1.29 is 9.13 Å². The normalized spacial score (nSPS) is 12.2. The standard InChI is InChI=1S/C14H14BrFN2O/c1-2-12(17)13-6-4-10(8-18-13)19-14-7-9(15)3-5-11(14)16/h3-8,12H,2,17H2,1H3/t12-/m1/s1. The highest BCUT2D eigenvalue weighted by Crippen LogP contribution is 2.27. The van der Waals surface area contributed by atoms with Gasteiger partial charge >= 0.3 is 0 Å². The number of hydrogen-bond donors (Lipinski definition) is 1. The van der Waals surface area contributed by atoms with E-state index in [-0.39, 0.29) is 11.8 Å². The van der Waals surface area contributed by atoms with Gasteiger partial charge in [0, 0.05) is 10.5 Å². The molecule has 0 unspecified atom stereocenters. The molecule has 2 aromatic rings. The van der Waals surface area contributed by atoms with E-state index >= 15 is 0 Å². The van der Waals surface area contributed by atoms with E-state index in [2.05, 4.69) is 20.9 Å². The Morgan fingerprint density at radius 1 is 1.37 bits per heavy atom. The Labute approximate surface area is 119 Å². The van der Waals surface area contributed by atoms with Crippen LogP contribution in [0.5, 0.6) is 11.5 Å². The Balaban J connectivity index is 2.17. The zero-order valence-electron chi connectivity index (χ0n) is 10.4. The minimum atomic E-state index is -0.419. The molecule has 0 amide bonds. The molecule has 0 aliphatic heterocycles. The van der Waals surface area contributed by atoms with Gasteiger partial charge < -0.3 is 10.5 Å². The van der Waals surface area contributed by atoms with Crippen molar-refractivity contribution in [2.45, 2.75) is 19.4 Å². The molecule has 3 nitrogen and oxygen atoms in total. The first kappa shape index (κ1) is 14.0. The lowest BCUT2D eigenvalue weighted by atomic mass is 10.1. The van der Waals surface area contributed by atoms with Gasteiger partial charge in [-0.05, 0) is 36.8 Å². The van der Waals surface area contributed by atoms with Crippen LogP contribution < -0.4 is 10.5 Å². The molecular formula is C14H14BrFN2O. The SMILES string of the molecule is CC[C@@H](N)c1ccc(Oc2cc(Br)ccc2F)cn1. The molecular weight excluding hydrogens is 311 g/mol. The lowest BCUT2D eigenvalue weighted by molar-refractivity contribution is 0.439. The third-order valence-electron chi connectivity index (χ3n) is 2.70. The average Bonchev–Trinajstić information content (AvgIpc) is 2.43. The van der Waals surface area contributed by atoms with Gasteiger partial charge in [0.05, 0.1) is 11.9 Å². The largest absolute Gasteiger partial charge is 0.453 e. The fraction of sp³-hybridized carbons (Fsp3) is 0.214. The summed E-state index contributed by atoms with van der Waals surface area (Å²) in [6.07, 6.45) is 2.36. The van der Waals surface area contributed by atoms with E-state index in [1.165, 1.54) is 6.07 Å². The molecule has 0 fully saturated rings. The van der Waals surface area contributed by atoms with Gasteiger partial charge in [-0.25, -0.2) is 4.39 Å². The lowest BCUT2D eigenvalue weighted by Gasteiger charge is -2.10. The van der Waals surface area contributed by atoms with Crippen molar-refractivity contribution in [2.75, 3.05) is 0 Å². The van der Waals surface area contributed by atoms with E-state index < -0.39 is 5.82 Å². The van der Waals surface area contributed by atoms with Crippen LogP contribution in [0.15, 0.2) is 41.0 Å². The highest BCUT2D eigenvalue weighted by molar-refractivity contribution is 9.10. The second kappa shape index (κ2) is 6.12. The molecule has 0 saturated heterocycles. The van der Waals surface area contributed by atoms with Crippen LogP contribution in [-0.4, -0.2) is 4.98 Å².